The molecule has 24 heavy (non-hydrogen) atoms. The van der Waals surface area contributed by atoms with Gasteiger partial charge in [0.25, 0.3) is 0 Å². The number of hydrogen-bond acceptors (Lipinski definition) is 3. The van der Waals surface area contributed by atoms with Gasteiger partial charge in [-0.25, -0.2) is 0 Å². The first kappa shape index (κ1) is 24.0. The SMILES string of the molecule is CC(C)[Si](OC[C@H](CC=O)O[Si](C)(C)C(C)(C)C)(C(C)C)C(C)C. The van der Waals surface area contributed by atoms with Crippen LogP contribution in [-0.2, 0) is 13.6 Å². The zero-order valence-corrected chi connectivity index (χ0v) is 20.0. The predicted octanol–water partition coefficient (Wildman–Crippen LogP) is 6.16. The lowest BCUT2D eigenvalue weighted by atomic mass is 10.2. The van der Waals surface area contributed by atoms with Crippen LogP contribution in [0.3, 0.4) is 0 Å². The Kier molecular flexibility index (Phi) is 9.11. The summed E-state index contributed by atoms with van der Waals surface area (Å²) in [5, 5.41) is 0.136. The molecule has 144 valence electrons. The quantitative estimate of drug-likeness (QED) is 0.339. The van der Waals surface area contributed by atoms with Crippen molar-refractivity contribution in [3.05, 3.63) is 0 Å². The second kappa shape index (κ2) is 9.10. The third-order valence-electron chi connectivity index (χ3n) is 5.85. The van der Waals surface area contributed by atoms with Crippen molar-refractivity contribution < 1.29 is 13.6 Å². The van der Waals surface area contributed by atoms with Gasteiger partial charge in [0, 0.05) is 6.42 Å². The summed E-state index contributed by atoms with van der Waals surface area (Å²) in [4.78, 5) is 11.2. The monoisotopic (exact) mass is 374 g/mol. The van der Waals surface area contributed by atoms with Crippen molar-refractivity contribution in [2.45, 2.75) is 110 Å². The molecule has 0 aromatic rings. The van der Waals surface area contributed by atoms with E-state index < -0.39 is 16.6 Å². The van der Waals surface area contributed by atoms with Crippen molar-refractivity contribution in [3.63, 3.8) is 0 Å². The van der Waals surface area contributed by atoms with Crippen LogP contribution in [0.15, 0.2) is 0 Å². The van der Waals surface area contributed by atoms with Gasteiger partial charge < -0.3 is 13.6 Å². The van der Waals surface area contributed by atoms with E-state index in [-0.39, 0.29) is 11.1 Å². The summed E-state index contributed by atoms with van der Waals surface area (Å²) in [7, 11) is -3.83. The Balaban J connectivity index is 5.29. The van der Waals surface area contributed by atoms with Gasteiger partial charge >= 0.3 is 0 Å². The lowest BCUT2D eigenvalue weighted by molar-refractivity contribution is -0.109. The first-order valence-electron chi connectivity index (χ1n) is 9.47. The van der Waals surface area contributed by atoms with Gasteiger partial charge in [-0.05, 0) is 34.8 Å². The normalized spacial score (nSPS) is 15.4. The molecule has 0 aliphatic heterocycles. The molecule has 0 saturated heterocycles. The van der Waals surface area contributed by atoms with E-state index in [2.05, 4.69) is 75.4 Å². The first-order valence-corrected chi connectivity index (χ1v) is 14.5. The first-order chi connectivity index (χ1) is 10.7. The van der Waals surface area contributed by atoms with Gasteiger partial charge in [0.1, 0.15) is 6.29 Å². The Morgan fingerprint density at radius 3 is 1.62 bits per heavy atom. The van der Waals surface area contributed by atoms with Crippen LogP contribution in [0.25, 0.3) is 0 Å². The van der Waals surface area contributed by atoms with Gasteiger partial charge in [0.2, 0.25) is 0 Å². The summed E-state index contributed by atoms with van der Waals surface area (Å²) in [6, 6.07) is 0. The molecule has 1 atom stereocenters. The van der Waals surface area contributed by atoms with Gasteiger partial charge in [-0.15, -0.1) is 0 Å². The molecular weight excluding hydrogens is 332 g/mol. The zero-order valence-electron chi connectivity index (χ0n) is 18.0. The fourth-order valence-corrected chi connectivity index (χ4v) is 10.4. The molecular formula is C19H42O3Si2. The molecule has 0 bridgehead atoms. The maximum absolute atomic E-state index is 11.2. The molecule has 0 fully saturated rings. The van der Waals surface area contributed by atoms with Crippen LogP contribution in [0.5, 0.6) is 0 Å². The van der Waals surface area contributed by atoms with E-state index in [9.17, 15) is 4.79 Å². The number of carbonyl (C=O) groups is 1. The molecule has 0 saturated carbocycles. The molecule has 0 unspecified atom stereocenters. The topological polar surface area (TPSA) is 35.5 Å². The molecule has 0 amide bonds. The minimum Gasteiger partial charge on any atom is -0.413 e. The van der Waals surface area contributed by atoms with Crippen LogP contribution < -0.4 is 0 Å². The number of carbonyl (C=O) groups excluding carboxylic acids is 1. The van der Waals surface area contributed by atoms with E-state index in [0.29, 0.717) is 29.7 Å². The largest absolute Gasteiger partial charge is 0.413 e. The van der Waals surface area contributed by atoms with Gasteiger partial charge in [-0.1, -0.05) is 62.3 Å². The van der Waals surface area contributed by atoms with Gasteiger partial charge in [-0.2, -0.15) is 0 Å². The minimum atomic E-state index is -1.92. The van der Waals surface area contributed by atoms with Crippen molar-refractivity contribution in [2.24, 2.45) is 0 Å². The molecule has 0 aromatic carbocycles. The van der Waals surface area contributed by atoms with E-state index in [1.807, 2.05) is 0 Å². The zero-order chi connectivity index (χ0) is 19.3. The molecule has 0 rings (SSSR count). The summed E-state index contributed by atoms with van der Waals surface area (Å²) in [6.07, 6.45) is 1.28. The maximum Gasteiger partial charge on any atom is 0.200 e. The third-order valence-corrected chi connectivity index (χ3v) is 16.5. The van der Waals surface area contributed by atoms with E-state index in [1.165, 1.54) is 0 Å². The van der Waals surface area contributed by atoms with Crippen molar-refractivity contribution in [2.75, 3.05) is 6.61 Å². The molecule has 0 N–H and O–H groups in total. The molecule has 0 spiro atoms. The average molecular weight is 375 g/mol. The van der Waals surface area contributed by atoms with E-state index in [1.54, 1.807) is 0 Å². The summed E-state index contributed by atoms with van der Waals surface area (Å²) in [5.74, 6) is 0. The highest BCUT2D eigenvalue weighted by atomic mass is 28.4. The number of rotatable bonds is 10. The van der Waals surface area contributed by atoms with Crippen LogP contribution in [0.2, 0.25) is 34.8 Å². The lowest BCUT2D eigenvalue weighted by Gasteiger charge is -2.44. The van der Waals surface area contributed by atoms with Crippen molar-refractivity contribution in [1.82, 2.24) is 0 Å². The molecule has 0 aliphatic rings. The summed E-state index contributed by atoms with van der Waals surface area (Å²) in [6.45, 7) is 25.4. The van der Waals surface area contributed by atoms with Crippen molar-refractivity contribution in [1.29, 1.82) is 0 Å². The molecule has 5 heteroatoms. The summed E-state index contributed by atoms with van der Waals surface area (Å²) >= 11 is 0. The predicted molar refractivity (Wildman–Crippen MR) is 110 cm³/mol. The van der Waals surface area contributed by atoms with Crippen LogP contribution >= 0.6 is 0 Å². The number of aldehydes is 1. The smallest absolute Gasteiger partial charge is 0.200 e. The highest BCUT2D eigenvalue weighted by Crippen LogP contribution is 2.43. The van der Waals surface area contributed by atoms with Gasteiger partial charge in [0.05, 0.1) is 12.7 Å². The average Bonchev–Trinajstić information content (AvgIpc) is 2.36. The Hall–Kier alpha value is 0.0238. The van der Waals surface area contributed by atoms with E-state index >= 15 is 0 Å². The van der Waals surface area contributed by atoms with E-state index in [0.717, 1.165) is 6.29 Å². The molecule has 0 aromatic heterocycles. The number of hydrogen-bond donors (Lipinski definition) is 0. The Labute approximate surface area is 153 Å². The highest BCUT2D eigenvalue weighted by Gasteiger charge is 2.46. The van der Waals surface area contributed by atoms with Crippen LogP contribution in [0.4, 0.5) is 0 Å². The Bertz CT molecular complexity index is 363. The maximum atomic E-state index is 11.2. The van der Waals surface area contributed by atoms with Crippen LogP contribution in [0, 0.1) is 0 Å². The van der Waals surface area contributed by atoms with Gasteiger partial charge in [0.15, 0.2) is 16.6 Å². The van der Waals surface area contributed by atoms with Crippen LogP contribution in [0.1, 0.15) is 68.7 Å². The molecule has 3 nitrogen and oxygen atoms in total. The lowest BCUT2D eigenvalue weighted by Crippen LogP contribution is -2.51. The summed E-state index contributed by atoms with van der Waals surface area (Å²) in [5.41, 5.74) is 1.63. The Morgan fingerprint density at radius 2 is 1.33 bits per heavy atom. The molecule has 0 radical (unpaired) electrons. The fraction of sp³-hybridized carbons (Fsp3) is 0.947. The fourth-order valence-electron chi connectivity index (χ4n) is 3.59. The second-order valence-corrected chi connectivity index (χ2v) is 19.7. The van der Waals surface area contributed by atoms with Crippen LogP contribution in [-0.4, -0.2) is 35.6 Å². The Morgan fingerprint density at radius 1 is 0.917 bits per heavy atom. The highest BCUT2D eigenvalue weighted by molar-refractivity contribution is 6.77. The van der Waals surface area contributed by atoms with E-state index in [4.69, 9.17) is 8.85 Å². The summed E-state index contributed by atoms with van der Waals surface area (Å²) < 4.78 is 13.1. The van der Waals surface area contributed by atoms with Gasteiger partial charge in [-0.3, -0.25) is 0 Å². The third kappa shape index (κ3) is 5.78. The van der Waals surface area contributed by atoms with Crippen molar-refractivity contribution >= 4 is 22.9 Å². The second-order valence-electron chi connectivity index (χ2n) is 9.53. The molecule has 0 heterocycles. The standard InChI is InChI=1S/C19H42O3Si2/c1-15(2)24(16(3)4,17(5)6)21-14-18(12-13-20)22-23(10,11)19(7,8)9/h13,15-18H,12,14H2,1-11H3/t18-/m0/s1. The minimum absolute atomic E-state index is 0.119. The molecule has 0 aliphatic carbocycles. The van der Waals surface area contributed by atoms with Crippen molar-refractivity contribution in [3.8, 4) is 0 Å².